The molecular weight excluding hydrogens is 406 g/mol. The molecule has 0 spiro atoms. The van der Waals surface area contributed by atoms with E-state index >= 15 is 0 Å². The molecule has 12 heteroatoms. The van der Waals surface area contributed by atoms with Crippen LogP contribution >= 0.6 is 11.8 Å². The third-order valence-electron chi connectivity index (χ3n) is 3.94. The number of nitrogens with zero attached hydrogens (tertiary/aromatic N) is 1. The van der Waals surface area contributed by atoms with Crippen molar-refractivity contribution in [2.75, 3.05) is 19.4 Å². The number of carbonyl (C=O) groups is 5. The van der Waals surface area contributed by atoms with Crippen molar-refractivity contribution in [2.24, 2.45) is 0 Å². The Morgan fingerprint density at radius 2 is 1.86 bits per heavy atom. The Kier molecular flexibility index (Phi) is 9.45. The molecule has 0 bridgehead atoms. The number of carboxylic acid groups (broad SMARTS) is 2. The maximum absolute atomic E-state index is 12.4. The summed E-state index contributed by atoms with van der Waals surface area (Å²) in [6.45, 7) is 3.73. The largest absolute Gasteiger partial charge is 0.481 e. The summed E-state index contributed by atoms with van der Waals surface area (Å²) in [6, 6.07) is -0.872. The number of carboxylic acids is 2. The molecule has 0 radical (unpaired) electrons. The maximum atomic E-state index is 12.4. The number of rotatable bonds is 8. The lowest BCUT2D eigenvalue weighted by molar-refractivity contribution is -0.150. The first-order valence-corrected chi connectivity index (χ1v) is 10.1. The van der Waals surface area contributed by atoms with Crippen LogP contribution in [0.2, 0.25) is 0 Å². The fourth-order valence-corrected chi connectivity index (χ4v) is 3.99. The first-order chi connectivity index (χ1) is 13.8. The summed E-state index contributed by atoms with van der Waals surface area (Å²) < 4.78 is 4.87. The van der Waals surface area contributed by atoms with Crippen LogP contribution in [0.15, 0.2) is 11.3 Å². The Morgan fingerprint density at radius 1 is 1.21 bits per heavy atom. The lowest BCUT2D eigenvalue weighted by Crippen LogP contribution is -2.70. The second-order valence-electron chi connectivity index (χ2n) is 5.79. The normalized spacial score (nSPS) is 19.8. The van der Waals surface area contributed by atoms with Gasteiger partial charge in [0.25, 0.3) is 5.91 Å². The minimum absolute atomic E-state index is 0.0414. The Labute approximate surface area is 171 Å². The van der Waals surface area contributed by atoms with Crippen LogP contribution < -0.4 is 10.6 Å². The number of fused-ring (bicyclic) bond motifs is 1. The molecule has 2 heterocycles. The summed E-state index contributed by atoms with van der Waals surface area (Å²) in [5.41, 5.74) is 0.0379. The molecule has 0 aliphatic carbocycles. The van der Waals surface area contributed by atoms with E-state index in [4.69, 9.17) is 9.84 Å². The predicted molar refractivity (Wildman–Crippen MR) is 103 cm³/mol. The number of ether oxygens (including phenoxy) is 1. The van der Waals surface area contributed by atoms with Gasteiger partial charge in [-0.05, 0) is 6.42 Å². The Hall–Kier alpha value is -2.76. The first-order valence-electron chi connectivity index (χ1n) is 9.02. The van der Waals surface area contributed by atoms with Gasteiger partial charge in [0.1, 0.15) is 23.7 Å². The van der Waals surface area contributed by atoms with E-state index in [2.05, 4.69) is 10.6 Å². The highest BCUT2D eigenvalue weighted by molar-refractivity contribution is 8.00. The van der Waals surface area contributed by atoms with Crippen LogP contribution in [0.4, 0.5) is 4.79 Å². The molecule has 0 saturated carbocycles. The fraction of sp³-hybridized carbons (Fsp3) is 0.588. The number of aliphatic carboxylic acids is 2. The molecule has 2 atom stereocenters. The van der Waals surface area contributed by atoms with Crippen LogP contribution in [0.5, 0.6) is 0 Å². The predicted octanol–water partition coefficient (Wildman–Crippen LogP) is 0.362. The Balaban J connectivity index is 0.00000204. The zero-order valence-corrected chi connectivity index (χ0v) is 17.2. The van der Waals surface area contributed by atoms with Gasteiger partial charge in [-0.1, -0.05) is 13.8 Å². The molecule has 2 aliphatic heterocycles. The van der Waals surface area contributed by atoms with Gasteiger partial charge in [-0.2, -0.15) is 0 Å². The second-order valence-corrected chi connectivity index (χ2v) is 6.89. The molecule has 0 aromatic carbocycles. The van der Waals surface area contributed by atoms with Gasteiger partial charge in [0, 0.05) is 31.2 Å². The molecule has 2 rings (SSSR count). The number of alkyl carbamates (subject to hydrolysis) is 1. The summed E-state index contributed by atoms with van der Waals surface area (Å²) in [7, 11) is 1.36. The maximum Gasteiger partial charge on any atom is 0.407 e. The molecule has 0 aromatic rings. The van der Waals surface area contributed by atoms with Crippen molar-refractivity contribution in [1.29, 1.82) is 0 Å². The molecule has 11 nitrogen and oxygen atoms in total. The summed E-state index contributed by atoms with van der Waals surface area (Å²) >= 11 is 1.25. The van der Waals surface area contributed by atoms with Crippen molar-refractivity contribution in [3.05, 3.63) is 11.3 Å². The van der Waals surface area contributed by atoms with Gasteiger partial charge in [-0.25, -0.2) is 9.59 Å². The molecule has 2 unspecified atom stereocenters. The monoisotopic (exact) mass is 431 g/mol. The van der Waals surface area contributed by atoms with Crippen molar-refractivity contribution in [3.8, 4) is 0 Å². The lowest BCUT2D eigenvalue weighted by Gasteiger charge is -2.49. The van der Waals surface area contributed by atoms with Crippen molar-refractivity contribution in [3.63, 3.8) is 0 Å². The van der Waals surface area contributed by atoms with Crippen LogP contribution in [0.3, 0.4) is 0 Å². The first kappa shape index (κ1) is 24.3. The minimum atomic E-state index is -1.32. The minimum Gasteiger partial charge on any atom is -0.481 e. The summed E-state index contributed by atoms with van der Waals surface area (Å²) in [5, 5.41) is 22.2. The Bertz CT molecular complexity index is 709. The van der Waals surface area contributed by atoms with Crippen LogP contribution in [0, 0.1) is 0 Å². The second kappa shape index (κ2) is 11.3. The molecule has 0 aromatic heterocycles. The topological polar surface area (TPSA) is 162 Å². The lowest BCUT2D eigenvalue weighted by atomic mass is 10.0. The third-order valence-corrected chi connectivity index (χ3v) is 5.28. The quantitative estimate of drug-likeness (QED) is 0.397. The number of hydrogen-bond donors (Lipinski definition) is 4. The SMILES string of the molecule is CC.CNC(=O)OCC1=C(C(=O)O)N2C(=O)C(NC(=O)CCCC(=O)O)C2SC1. The third kappa shape index (κ3) is 6.11. The number of hydrogen-bond acceptors (Lipinski definition) is 7. The standard InChI is InChI=1S/C15H19N3O8S.C2H6/c1-16-15(25)26-5-7-6-27-13-10(12(22)18(13)11(7)14(23)24)17-8(19)3-2-4-9(20)21;1-2/h10,13H,2-6H2,1H3,(H,16,25)(H,17,19)(H,20,21)(H,23,24);1-2H3. The van der Waals surface area contributed by atoms with Crippen molar-refractivity contribution in [2.45, 2.75) is 44.5 Å². The highest BCUT2D eigenvalue weighted by atomic mass is 32.2. The molecule has 162 valence electrons. The van der Waals surface area contributed by atoms with Crippen LogP contribution in [-0.2, 0) is 23.9 Å². The van der Waals surface area contributed by atoms with Crippen molar-refractivity contribution >= 4 is 41.6 Å². The van der Waals surface area contributed by atoms with Crippen molar-refractivity contribution in [1.82, 2.24) is 15.5 Å². The van der Waals surface area contributed by atoms with Gasteiger partial charge in [-0.15, -0.1) is 11.8 Å². The van der Waals surface area contributed by atoms with E-state index in [1.807, 2.05) is 13.8 Å². The van der Waals surface area contributed by atoms with Gasteiger partial charge >= 0.3 is 18.0 Å². The molecule has 3 amide bonds. The number of carbonyl (C=O) groups excluding carboxylic acids is 3. The molecule has 29 heavy (non-hydrogen) atoms. The van der Waals surface area contributed by atoms with E-state index in [0.717, 1.165) is 4.90 Å². The summed E-state index contributed by atoms with van der Waals surface area (Å²) in [5.74, 6) is -3.16. The molecule has 4 N–H and O–H groups in total. The van der Waals surface area contributed by atoms with E-state index in [0.29, 0.717) is 0 Å². The number of β-lactam (4-membered cyclic amide) rings is 1. The van der Waals surface area contributed by atoms with Crippen LogP contribution in [-0.4, -0.2) is 75.8 Å². The van der Waals surface area contributed by atoms with Gasteiger partial charge < -0.3 is 25.6 Å². The summed E-state index contributed by atoms with van der Waals surface area (Å²) in [6.07, 6.45) is -0.775. The highest BCUT2D eigenvalue weighted by Crippen LogP contribution is 2.40. The van der Waals surface area contributed by atoms with Gasteiger partial charge in [0.2, 0.25) is 5.91 Å². The van der Waals surface area contributed by atoms with E-state index in [-0.39, 0.29) is 42.9 Å². The van der Waals surface area contributed by atoms with Crippen LogP contribution in [0.25, 0.3) is 0 Å². The highest BCUT2D eigenvalue weighted by Gasteiger charge is 2.54. The van der Waals surface area contributed by atoms with Gasteiger partial charge in [0.15, 0.2) is 0 Å². The van der Waals surface area contributed by atoms with E-state index < -0.39 is 41.3 Å². The molecule has 1 saturated heterocycles. The molecule has 1 fully saturated rings. The average Bonchev–Trinajstić information content (AvgIpc) is 2.70. The van der Waals surface area contributed by atoms with E-state index in [1.165, 1.54) is 18.8 Å². The zero-order valence-electron chi connectivity index (χ0n) is 16.4. The number of thioether (sulfide) groups is 1. The average molecular weight is 431 g/mol. The van der Waals surface area contributed by atoms with Gasteiger partial charge in [-0.3, -0.25) is 19.3 Å². The molecule has 2 aliphatic rings. The number of amides is 3. The van der Waals surface area contributed by atoms with Crippen LogP contribution in [0.1, 0.15) is 33.1 Å². The Morgan fingerprint density at radius 3 is 2.41 bits per heavy atom. The van der Waals surface area contributed by atoms with Gasteiger partial charge in [0.05, 0.1) is 0 Å². The summed E-state index contributed by atoms with van der Waals surface area (Å²) in [4.78, 5) is 58.5. The van der Waals surface area contributed by atoms with E-state index in [9.17, 15) is 29.1 Å². The van der Waals surface area contributed by atoms with E-state index in [1.54, 1.807) is 0 Å². The number of nitrogens with one attached hydrogen (secondary N) is 2. The smallest absolute Gasteiger partial charge is 0.407 e. The zero-order chi connectivity index (χ0) is 22.1. The van der Waals surface area contributed by atoms with Crippen molar-refractivity contribution < 1.29 is 38.9 Å². The fourth-order valence-electron chi connectivity index (χ4n) is 2.66. The molecular formula is C17H25N3O8S.